The largest absolute Gasteiger partial charge is 0.338 e. The summed E-state index contributed by atoms with van der Waals surface area (Å²) in [5, 5.41) is 0. The maximum Gasteiger partial charge on any atom is 0.255 e. The number of likely N-dealkylation sites (tertiary alicyclic amines) is 1. The fourth-order valence-corrected chi connectivity index (χ4v) is 2.87. The molecule has 1 aliphatic heterocycles. The van der Waals surface area contributed by atoms with Crippen molar-refractivity contribution in [1.82, 2.24) is 4.90 Å². The van der Waals surface area contributed by atoms with Gasteiger partial charge in [-0.05, 0) is 59.8 Å². The highest BCUT2D eigenvalue weighted by atomic mass is 79.9. The lowest BCUT2D eigenvalue weighted by Gasteiger charge is -2.34. The second-order valence-corrected chi connectivity index (χ2v) is 5.99. The van der Waals surface area contributed by atoms with Crippen LogP contribution in [0.2, 0.25) is 0 Å². The molecule has 0 spiro atoms. The van der Waals surface area contributed by atoms with Crippen molar-refractivity contribution in [1.29, 1.82) is 0 Å². The van der Waals surface area contributed by atoms with Crippen LogP contribution in [-0.4, -0.2) is 29.9 Å². The van der Waals surface area contributed by atoms with Gasteiger partial charge in [-0.15, -0.1) is 0 Å². The molecular weight excluding hydrogens is 311 g/mol. The van der Waals surface area contributed by atoms with Gasteiger partial charge < -0.3 is 10.6 Å². The molecule has 0 aromatic heterocycles. The molecule has 2 atom stereocenters. The number of benzene rings is 1. The average Bonchev–Trinajstić information content (AvgIpc) is 2.41. The molecule has 1 fully saturated rings. The van der Waals surface area contributed by atoms with Gasteiger partial charge in [0, 0.05) is 23.6 Å². The lowest BCUT2D eigenvalue weighted by atomic mass is 9.92. The van der Waals surface area contributed by atoms with E-state index in [2.05, 4.69) is 15.9 Å². The maximum atomic E-state index is 13.3. The molecule has 1 aromatic rings. The standard InChI is InChI=1S/C14H18BrFN2O/c1-9(17)10-3-2-6-18(8-10)14(19)12-7-11(16)4-5-13(12)15/h4-5,7,9-10H,2-3,6,8,17H2,1H3/t9-,10-/m1/s1. The van der Waals surface area contributed by atoms with Crippen LogP contribution in [0.25, 0.3) is 0 Å². The predicted molar refractivity (Wildman–Crippen MR) is 76.4 cm³/mol. The molecule has 1 saturated heterocycles. The first-order valence-electron chi connectivity index (χ1n) is 6.49. The molecule has 1 heterocycles. The van der Waals surface area contributed by atoms with Crippen molar-refractivity contribution in [3.05, 3.63) is 34.1 Å². The van der Waals surface area contributed by atoms with E-state index < -0.39 is 5.82 Å². The number of halogens is 2. The van der Waals surface area contributed by atoms with Crippen molar-refractivity contribution in [3.63, 3.8) is 0 Å². The minimum atomic E-state index is -0.396. The first-order chi connectivity index (χ1) is 8.99. The van der Waals surface area contributed by atoms with E-state index in [9.17, 15) is 9.18 Å². The smallest absolute Gasteiger partial charge is 0.255 e. The summed E-state index contributed by atoms with van der Waals surface area (Å²) in [6, 6.07) is 4.26. The van der Waals surface area contributed by atoms with Crippen molar-refractivity contribution in [3.8, 4) is 0 Å². The van der Waals surface area contributed by atoms with Crippen molar-refractivity contribution >= 4 is 21.8 Å². The molecule has 1 aliphatic rings. The molecule has 2 N–H and O–H groups in total. The summed E-state index contributed by atoms with van der Waals surface area (Å²) >= 11 is 3.30. The lowest BCUT2D eigenvalue weighted by molar-refractivity contribution is 0.0659. The number of piperidine rings is 1. The monoisotopic (exact) mass is 328 g/mol. The zero-order valence-corrected chi connectivity index (χ0v) is 12.5. The van der Waals surface area contributed by atoms with Crippen LogP contribution in [0.3, 0.4) is 0 Å². The summed E-state index contributed by atoms with van der Waals surface area (Å²) in [7, 11) is 0. The molecule has 1 amide bonds. The number of hydrogen-bond acceptors (Lipinski definition) is 2. The number of carbonyl (C=O) groups is 1. The number of nitrogens with zero attached hydrogens (tertiary/aromatic N) is 1. The van der Waals surface area contributed by atoms with Crippen LogP contribution in [0.5, 0.6) is 0 Å². The Labute approximate surface area is 121 Å². The van der Waals surface area contributed by atoms with Gasteiger partial charge in [0.05, 0.1) is 5.56 Å². The molecule has 0 aliphatic carbocycles. The van der Waals surface area contributed by atoms with E-state index in [0.717, 1.165) is 12.8 Å². The highest BCUT2D eigenvalue weighted by Crippen LogP contribution is 2.24. The van der Waals surface area contributed by atoms with Gasteiger partial charge in [0.1, 0.15) is 5.82 Å². The normalized spacial score (nSPS) is 21.3. The highest BCUT2D eigenvalue weighted by molar-refractivity contribution is 9.10. The number of nitrogens with two attached hydrogens (primary N) is 1. The quantitative estimate of drug-likeness (QED) is 0.907. The summed E-state index contributed by atoms with van der Waals surface area (Å²) in [4.78, 5) is 14.2. The summed E-state index contributed by atoms with van der Waals surface area (Å²) in [6.45, 7) is 3.33. The summed E-state index contributed by atoms with van der Waals surface area (Å²) in [6.07, 6.45) is 2.00. The van der Waals surface area contributed by atoms with Crippen LogP contribution in [-0.2, 0) is 0 Å². The van der Waals surface area contributed by atoms with Crippen LogP contribution < -0.4 is 5.73 Å². The third kappa shape index (κ3) is 3.34. The van der Waals surface area contributed by atoms with Gasteiger partial charge in [0.2, 0.25) is 0 Å². The van der Waals surface area contributed by atoms with Gasteiger partial charge in [0.25, 0.3) is 5.91 Å². The Balaban J connectivity index is 2.17. The summed E-state index contributed by atoms with van der Waals surface area (Å²) in [5.74, 6) is -0.200. The predicted octanol–water partition coefficient (Wildman–Crippen LogP) is 2.79. The first kappa shape index (κ1) is 14.5. The van der Waals surface area contributed by atoms with E-state index in [1.54, 1.807) is 11.0 Å². The SMILES string of the molecule is C[C@@H](N)[C@@H]1CCCN(C(=O)c2cc(F)ccc2Br)C1. The van der Waals surface area contributed by atoms with Gasteiger partial charge in [-0.3, -0.25) is 4.79 Å². The third-order valence-electron chi connectivity index (χ3n) is 3.65. The highest BCUT2D eigenvalue weighted by Gasteiger charge is 2.27. The van der Waals surface area contributed by atoms with Crippen LogP contribution >= 0.6 is 15.9 Å². The second-order valence-electron chi connectivity index (χ2n) is 5.14. The van der Waals surface area contributed by atoms with E-state index in [4.69, 9.17) is 5.73 Å². The van der Waals surface area contributed by atoms with Gasteiger partial charge >= 0.3 is 0 Å². The van der Waals surface area contributed by atoms with Gasteiger partial charge in [0.15, 0.2) is 0 Å². The molecule has 0 bridgehead atoms. The van der Waals surface area contributed by atoms with Crippen molar-refractivity contribution in [2.45, 2.75) is 25.8 Å². The molecule has 0 saturated carbocycles. The Morgan fingerprint density at radius 3 is 3.00 bits per heavy atom. The van der Waals surface area contributed by atoms with Crippen LogP contribution in [0.15, 0.2) is 22.7 Å². The van der Waals surface area contributed by atoms with E-state index >= 15 is 0 Å². The number of rotatable bonds is 2. The number of amides is 1. The molecule has 19 heavy (non-hydrogen) atoms. The van der Waals surface area contributed by atoms with Gasteiger partial charge in [-0.25, -0.2) is 4.39 Å². The fourth-order valence-electron chi connectivity index (χ4n) is 2.46. The molecular formula is C14H18BrFN2O. The summed E-state index contributed by atoms with van der Waals surface area (Å²) in [5.41, 5.74) is 6.29. The lowest BCUT2D eigenvalue weighted by Crippen LogP contribution is -2.45. The molecule has 104 valence electrons. The molecule has 1 aromatic carbocycles. The second kappa shape index (κ2) is 6.01. The summed E-state index contributed by atoms with van der Waals surface area (Å²) < 4.78 is 13.9. The Morgan fingerprint density at radius 1 is 1.58 bits per heavy atom. The zero-order valence-electron chi connectivity index (χ0n) is 10.9. The molecule has 5 heteroatoms. The molecule has 2 rings (SSSR count). The van der Waals surface area contributed by atoms with Crippen LogP contribution in [0.1, 0.15) is 30.1 Å². The molecule has 3 nitrogen and oxygen atoms in total. The van der Waals surface area contributed by atoms with E-state index in [0.29, 0.717) is 29.0 Å². The van der Waals surface area contributed by atoms with Gasteiger partial charge in [-0.2, -0.15) is 0 Å². The van der Waals surface area contributed by atoms with Gasteiger partial charge in [-0.1, -0.05) is 0 Å². The Hall–Kier alpha value is -0.940. The van der Waals surface area contributed by atoms with Crippen LogP contribution in [0.4, 0.5) is 4.39 Å². The number of carbonyl (C=O) groups excluding carboxylic acids is 1. The average molecular weight is 329 g/mol. The number of hydrogen-bond donors (Lipinski definition) is 1. The Bertz CT molecular complexity index is 479. The molecule has 0 unspecified atom stereocenters. The Morgan fingerprint density at radius 2 is 2.32 bits per heavy atom. The Kier molecular flexibility index (Phi) is 4.58. The van der Waals surface area contributed by atoms with Crippen molar-refractivity contribution < 1.29 is 9.18 Å². The minimum absolute atomic E-state index is 0.0755. The topological polar surface area (TPSA) is 46.3 Å². The minimum Gasteiger partial charge on any atom is -0.338 e. The van der Waals surface area contributed by atoms with Crippen LogP contribution in [0, 0.1) is 11.7 Å². The fraction of sp³-hybridized carbons (Fsp3) is 0.500. The van der Waals surface area contributed by atoms with E-state index in [-0.39, 0.29) is 11.9 Å². The first-order valence-corrected chi connectivity index (χ1v) is 7.28. The van der Waals surface area contributed by atoms with Crippen molar-refractivity contribution in [2.24, 2.45) is 11.7 Å². The molecule has 0 radical (unpaired) electrons. The zero-order chi connectivity index (χ0) is 14.0. The third-order valence-corrected chi connectivity index (χ3v) is 4.34. The maximum absolute atomic E-state index is 13.3. The van der Waals surface area contributed by atoms with Crippen molar-refractivity contribution in [2.75, 3.05) is 13.1 Å². The van der Waals surface area contributed by atoms with E-state index in [1.807, 2.05) is 6.92 Å². The van der Waals surface area contributed by atoms with E-state index in [1.165, 1.54) is 12.1 Å².